The summed E-state index contributed by atoms with van der Waals surface area (Å²) in [6, 6.07) is 15.6. The molecule has 4 nitrogen and oxygen atoms in total. The molecule has 0 aliphatic carbocycles. The number of benzene rings is 1. The van der Waals surface area contributed by atoms with Crippen molar-refractivity contribution in [1.82, 2.24) is 10.4 Å². The Balaban J connectivity index is 2.09. The zero-order chi connectivity index (χ0) is 13.5. The fourth-order valence-corrected chi connectivity index (χ4v) is 1.91. The monoisotopic (exact) mass is 272 g/mol. The summed E-state index contributed by atoms with van der Waals surface area (Å²) in [4.78, 5) is 8.81. The molecule has 0 radical (unpaired) electrons. The van der Waals surface area contributed by atoms with E-state index in [1.54, 1.807) is 18.0 Å². The Morgan fingerprint density at radius 1 is 1.16 bits per heavy atom. The first-order valence-corrected chi connectivity index (χ1v) is 7.11. The molecule has 0 spiro atoms. The molecule has 0 saturated heterocycles. The third kappa shape index (κ3) is 3.99. The molecule has 0 saturated carbocycles. The van der Waals surface area contributed by atoms with Crippen LogP contribution in [-0.4, -0.2) is 23.5 Å². The molecule has 0 bridgehead atoms. The average Bonchev–Trinajstić information content (AvgIpc) is 2.48. The summed E-state index contributed by atoms with van der Waals surface area (Å²) < 4.78 is 0. The topological polar surface area (TPSA) is 40.5 Å². The molecule has 5 heteroatoms. The van der Waals surface area contributed by atoms with E-state index in [2.05, 4.69) is 15.4 Å². The van der Waals surface area contributed by atoms with Gasteiger partial charge in [0.25, 0.3) is 0 Å². The molecule has 2 aromatic rings. The summed E-state index contributed by atoms with van der Waals surface area (Å²) in [7, 11) is 1.92. The van der Waals surface area contributed by atoms with Crippen LogP contribution in [0.25, 0.3) is 0 Å². The third-order valence-corrected chi connectivity index (χ3v) is 3.01. The predicted octanol–water partition coefficient (Wildman–Crippen LogP) is 3.07. The molecule has 0 amide bonds. The summed E-state index contributed by atoms with van der Waals surface area (Å²) >= 11 is 1.56. The Kier molecular flexibility index (Phi) is 4.80. The average molecular weight is 272 g/mol. The molecule has 1 aromatic carbocycles. The van der Waals surface area contributed by atoms with Crippen molar-refractivity contribution in [2.75, 3.05) is 18.3 Å². The van der Waals surface area contributed by atoms with Crippen molar-refractivity contribution in [3.8, 4) is 0 Å². The van der Waals surface area contributed by atoms with Gasteiger partial charge >= 0.3 is 0 Å². The second kappa shape index (κ2) is 6.80. The second-order valence-corrected chi connectivity index (χ2v) is 4.61. The van der Waals surface area contributed by atoms with Crippen LogP contribution >= 0.6 is 11.8 Å². The van der Waals surface area contributed by atoms with Crippen LogP contribution in [0.1, 0.15) is 0 Å². The minimum absolute atomic E-state index is 0.819. The SMILES string of the molecule is CSC(=Nc1ccccc1)NN(C)c1ccccn1. The van der Waals surface area contributed by atoms with Crippen molar-refractivity contribution in [2.45, 2.75) is 0 Å². The number of hydrazine groups is 1. The largest absolute Gasteiger partial charge is 0.275 e. The van der Waals surface area contributed by atoms with E-state index < -0.39 is 0 Å². The Hall–Kier alpha value is -2.01. The van der Waals surface area contributed by atoms with Gasteiger partial charge in [0.2, 0.25) is 0 Å². The van der Waals surface area contributed by atoms with E-state index in [4.69, 9.17) is 0 Å². The maximum absolute atomic E-state index is 4.54. The van der Waals surface area contributed by atoms with E-state index in [9.17, 15) is 0 Å². The van der Waals surface area contributed by atoms with Gasteiger partial charge in [-0.3, -0.25) is 10.4 Å². The van der Waals surface area contributed by atoms with Crippen molar-refractivity contribution >= 4 is 28.4 Å². The number of aromatic nitrogens is 1. The van der Waals surface area contributed by atoms with Gasteiger partial charge in [-0.1, -0.05) is 36.0 Å². The molecule has 98 valence electrons. The van der Waals surface area contributed by atoms with Crippen LogP contribution in [0.4, 0.5) is 11.5 Å². The highest BCUT2D eigenvalue weighted by molar-refractivity contribution is 8.13. The second-order valence-electron chi connectivity index (χ2n) is 3.82. The number of thioether (sulfide) groups is 1. The third-order valence-electron chi connectivity index (χ3n) is 2.44. The van der Waals surface area contributed by atoms with Gasteiger partial charge in [0.15, 0.2) is 5.17 Å². The first-order valence-electron chi connectivity index (χ1n) is 5.89. The van der Waals surface area contributed by atoms with E-state index in [1.165, 1.54) is 0 Å². The number of pyridine rings is 1. The van der Waals surface area contributed by atoms with Gasteiger partial charge in [-0.25, -0.2) is 9.98 Å². The lowest BCUT2D eigenvalue weighted by molar-refractivity contribution is 0.867. The lowest BCUT2D eigenvalue weighted by Gasteiger charge is -2.20. The van der Waals surface area contributed by atoms with E-state index in [0.717, 1.165) is 16.7 Å². The highest BCUT2D eigenvalue weighted by Gasteiger charge is 2.04. The molecule has 1 aromatic heterocycles. The van der Waals surface area contributed by atoms with Crippen molar-refractivity contribution in [1.29, 1.82) is 0 Å². The van der Waals surface area contributed by atoms with Gasteiger partial charge in [0, 0.05) is 13.2 Å². The number of nitrogens with one attached hydrogen (secondary N) is 1. The van der Waals surface area contributed by atoms with Gasteiger partial charge in [-0.15, -0.1) is 0 Å². The Bertz CT molecular complexity index is 528. The van der Waals surface area contributed by atoms with Gasteiger partial charge in [-0.2, -0.15) is 0 Å². The van der Waals surface area contributed by atoms with Crippen LogP contribution in [-0.2, 0) is 0 Å². The normalized spacial score (nSPS) is 11.2. The maximum Gasteiger partial charge on any atom is 0.180 e. The standard InChI is InChI=1S/C14H16N4S/c1-18(13-10-6-7-11-15-13)17-14(19-2)16-12-8-4-3-5-9-12/h3-11H,1-2H3,(H,16,17). The lowest BCUT2D eigenvalue weighted by Crippen LogP contribution is -2.38. The number of hydrogen-bond acceptors (Lipinski definition) is 4. The zero-order valence-electron chi connectivity index (χ0n) is 10.9. The summed E-state index contributed by atoms with van der Waals surface area (Å²) in [5, 5.41) is 2.66. The van der Waals surface area contributed by atoms with Gasteiger partial charge < -0.3 is 0 Å². The Morgan fingerprint density at radius 3 is 2.53 bits per heavy atom. The molecule has 0 fully saturated rings. The van der Waals surface area contributed by atoms with E-state index in [0.29, 0.717) is 0 Å². The number of para-hydroxylation sites is 1. The fourth-order valence-electron chi connectivity index (χ4n) is 1.49. The van der Waals surface area contributed by atoms with Crippen molar-refractivity contribution < 1.29 is 0 Å². The minimum atomic E-state index is 0.819. The Labute approximate surface area is 117 Å². The van der Waals surface area contributed by atoms with Crippen LogP contribution in [0, 0.1) is 0 Å². The van der Waals surface area contributed by atoms with Crippen LogP contribution in [0.2, 0.25) is 0 Å². The molecule has 0 aliphatic heterocycles. The number of hydrogen-bond donors (Lipinski definition) is 1. The van der Waals surface area contributed by atoms with Crippen molar-refractivity contribution in [3.05, 3.63) is 54.7 Å². The summed E-state index contributed by atoms with van der Waals surface area (Å²) in [5.41, 5.74) is 4.14. The first-order chi connectivity index (χ1) is 9.29. The highest BCUT2D eigenvalue weighted by Crippen LogP contribution is 2.13. The molecular formula is C14H16N4S. The van der Waals surface area contributed by atoms with Crippen LogP contribution in [0.15, 0.2) is 59.7 Å². The molecule has 19 heavy (non-hydrogen) atoms. The molecular weight excluding hydrogens is 256 g/mol. The van der Waals surface area contributed by atoms with Crippen LogP contribution in [0.5, 0.6) is 0 Å². The first kappa shape index (κ1) is 13.4. The van der Waals surface area contributed by atoms with Crippen molar-refractivity contribution in [3.63, 3.8) is 0 Å². The molecule has 0 unspecified atom stereocenters. The highest BCUT2D eigenvalue weighted by atomic mass is 32.2. The van der Waals surface area contributed by atoms with E-state index in [-0.39, 0.29) is 0 Å². The van der Waals surface area contributed by atoms with Crippen LogP contribution in [0.3, 0.4) is 0 Å². The minimum Gasteiger partial charge on any atom is -0.275 e. The fraction of sp³-hybridized carbons (Fsp3) is 0.143. The number of aliphatic imine (C=N–C) groups is 1. The zero-order valence-corrected chi connectivity index (χ0v) is 11.8. The predicted molar refractivity (Wildman–Crippen MR) is 82.8 cm³/mol. The quantitative estimate of drug-likeness (QED) is 0.529. The summed E-state index contributed by atoms with van der Waals surface area (Å²) in [6.07, 6.45) is 3.75. The van der Waals surface area contributed by atoms with Gasteiger partial charge in [0.1, 0.15) is 5.82 Å². The summed E-state index contributed by atoms with van der Waals surface area (Å²) in [5.74, 6) is 0.845. The Morgan fingerprint density at radius 2 is 1.89 bits per heavy atom. The van der Waals surface area contributed by atoms with E-state index >= 15 is 0 Å². The lowest BCUT2D eigenvalue weighted by atomic mass is 10.3. The van der Waals surface area contributed by atoms with Gasteiger partial charge in [-0.05, 0) is 30.5 Å². The maximum atomic E-state index is 4.54. The van der Waals surface area contributed by atoms with Crippen LogP contribution < -0.4 is 10.4 Å². The number of rotatable bonds is 3. The molecule has 1 heterocycles. The molecule has 0 aliphatic rings. The molecule has 2 rings (SSSR count). The molecule has 0 atom stereocenters. The van der Waals surface area contributed by atoms with E-state index in [1.807, 2.05) is 66.8 Å². The number of nitrogens with zero attached hydrogens (tertiary/aromatic N) is 3. The number of amidine groups is 1. The number of anilines is 1. The molecule has 1 N–H and O–H groups in total. The van der Waals surface area contributed by atoms with Gasteiger partial charge in [0.05, 0.1) is 5.69 Å². The van der Waals surface area contributed by atoms with Crippen molar-refractivity contribution in [2.24, 2.45) is 4.99 Å². The smallest absolute Gasteiger partial charge is 0.180 e. The summed E-state index contributed by atoms with van der Waals surface area (Å²) in [6.45, 7) is 0.